The molecule has 1 amide bonds. The highest BCUT2D eigenvalue weighted by Gasteiger charge is 2.27. The summed E-state index contributed by atoms with van der Waals surface area (Å²) < 4.78 is 10.8. The number of carboxylic acids is 2. The number of H-pyrrole nitrogens is 1. The topological polar surface area (TPSA) is 181 Å². The Bertz CT molecular complexity index is 1350. The molecule has 3 rings (SSSR count). The van der Waals surface area contributed by atoms with Crippen LogP contribution in [-0.2, 0) is 4.79 Å². The highest BCUT2D eigenvalue weighted by atomic mass is 16.5. The van der Waals surface area contributed by atoms with Gasteiger partial charge in [-0.2, -0.15) is 0 Å². The van der Waals surface area contributed by atoms with Crippen molar-refractivity contribution >= 4 is 29.4 Å². The van der Waals surface area contributed by atoms with E-state index in [1.807, 2.05) is 24.0 Å². The number of carbonyl (C=O) groups excluding carboxylic acids is 1. The van der Waals surface area contributed by atoms with Crippen LogP contribution in [0, 0.1) is 6.92 Å². The number of carbonyl (C=O) groups is 3. The SMILES string of the molecule is COc1cc(-c2c(C(=O)O)c(N)[nH]c(=O)c2C(=O)O)ccc1OCC(=O)Nc1ccccc1C. The number of aryl methyl sites for hydroxylation is 1. The number of aromatic amines is 1. The number of nitrogens with one attached hydrogen (secondary N) is 2. The molecule has 2 aromatic carbocycles. The van der Waals surface area contributed by atoms with Crippen molar-refractivity contribution in [2.45, 2.75) is 6.92 Å². The normalized spacial score (nSPS) is 10.4. The summed E-state index contributed by atoms with van der Waals surface area (Å²) in [6.07, 6.45) is 0. The van der Waals surface area contributed by atoms with Gasteiger partial charge in [0.05, 0.1) is 7.11 Å². The van der Waals surface area contributed by atoms with E-state index in [4.69, 9.17) is 15.2 Å². The Labute approximate surface area is 192 Å². The van der Waals surface area contributed by atoms with Gasteiger partial charge in [0, 0.05) is 11.3 Å². The zero-order valence-electron chi connectivity index (χ0n) is 18.2. The van der Waals surface area contributed by atoms with Crippen LogP contribution < -0.4 is 26.1 Å². The number of nitrogens with two attached hydrogens (primary N) is 1. The number of ether oxygens (including phenoxy) is 2. The Balaban J connectivity index is 1.95. The van der Waals surface area contributed by atoms with Crippen molar-refractivity contribution in [3.8, 4) is 22.6 Å². The van der Waals surface area contributed by atoms with Crippen molar-refractivity contribution in [2.24, 2.45) is 0 Å². The van der Waals surface area contributed by atoms with Crippen molar-refractivity contribution in [3.05, 3.63) is 69.5 Å². The second-order valence-electron chi connectivity index (χ2n) is 7.12. The van der Waals surface area contributed by atoms with Gasteiger partial charge in [0.1, 0.15) is 16.9 Å². The van der Waals surface area contributed by atoms with Crippen LogP contribution in [0.3, 0.4) is 0 Å². The Morgan fingerprint density at radius 2 is 1.71 bits per heavy atom. The number of rotatable bonds is 8. The number of hydrogen-bond acceptors (Lipinski definition) is 7. The summed E-state index contributed by atoms with van der Waals surface area (Å²) in [5, 5.41) is 21.8. The summed E-state index contributed by atoms with van der Waals surface area (Å²) in [7, 11) is 1.31. The van der Waals surface area contributed by atoms with Crippen molar-refractivity contribution in [1.82, 2.24) is 4.98 Å². The van der Waals surface area contributed by atoms with E-state index in [1.165, 1.54) is 25.3 Å². The van der Waals surface area contributed by atoms with Crippen LogP contribution in [0.25, 0.3) is 11.1 Å². The average Bonchev–Trinajstić information content (AvgIpc) is 2.78. The molecule has 0 unspecified atom stereocenters. The minimum absolute atomic E-state index is 0.0427. The molecule has 6 N–H and O–H groups in total. The largest absolute Gasteiger partial charge is 0.493 e. The third-order valence-electron chi connectivity index (χ3n) is 4.90. The van der Waals surface area contributed by atoms with Gasteiger partial charge in [0.25, 0.3) is 11.5 Å². The summed E-state index contributed by atoms with van der Waals surface area (Å²) in [5.74, 6) is -3.87. The number of pyridine rings is 1. The van der Waals surface area contributed by atoms with Gasteiger partial charge >= 0.3 is 11.9 Å². The van der Waals surface area contributed by atoms with E-state index in [1.54, 1.807) is 12.1 Å². The maximum atomic E-state index is 12.3. The molecule has 0 spiro atoms. The molecular weight excluding hydrogens is 446 g/mol. The van der Waals surface area contributed by atoms with E-state index in [0.29, 0.717) is 5.69 Å². The molecule has 0 radical (unpaired) electrons. The fraction of sp³-hybridized carbons (Fsp3) is 0.130. The monoisotopic (exact) mass is 467 g/mol. The van der Waals surface area contributed by atoms with Crippen LogP contribution in [-0.4, -0.2) is 46.8 Å². The summed E-state index contributed by atoms with van der Waals surface area (Å²) in [6.45, 7) is 1.49. The van der Waals surface area contributed by atoms with E-state index in [2.05, 4.69) is 5.32 Å². The zero-order valence-corrected chi connectivity index (χ0v) is 18.2. The number of nitrogen functional groups attached to an aromatic ring is 1. The Morgan fingerprint density at radius 3 is 2.32 bits per heavy atom. The first-order valence-electron chi connectivity index (χ1n) is 9.83. The molecule has 176 valence electrons. The molecule has 0 fully saturated rings. The van der Waals surface area contributed by atoms with Crippen molar-refractivity contribution in [1.29, 1.82) is 0 Å². The van der Waals surface area contributed by atoms with Crippen molar-refractivity contribution in [2.75, 3.05) is 24.8 Å². The second-order valence-corrected chi connectivity index (χ2v) is 7.12. The predicted molar refractivity (Wildman–Crippen MR) is 123 cm³/mol. The molecule has 0 aliphatic heterocycles. The minimum Gasteiger partial charge on any atom is -0.493 e. The molecule has 0 aliphatic rings. The predicted octanol–water partition coefficient (Wildman–Crippen LogP) is 2.36. The highest BCUT2D eigenvalue weighted by Crippen LogP contribution is 2.36. The lowest BCUT2D eigenvalue weighted by Gasteiger charge is -2.15. The summed E-state index contributed by atoms with van der Waals surface area (Å²) in [6, 6.07) is 11.2. The number of hydrogen-bond donors (Lipinski definition) is 5. The van der Waals surface area contributed by atoms with Gasteiger partial charge in [-0.1, -0.05) is 24.3 Å². The number of benzene rings is 2. The minimum atomic E-state index is -1.63. The maximum Gasteiger partial charge on any atom is 0.342 e. The van der Waals surface area contributed by atoms with Gasteiger partial charge < -0.3 is 35.7 Å². The van der Waals surface area contributed by atoms with Gasteiger partial charge in [0.2, 0.25) is 0 Å². The van der Waals surface area contributed by atoms with Crippen LogP contribution in [0.4, 0.5) is 11.5 Å². The number of aromatic nitrogens is 1. The smallest absolute Gasteiger partial charge is 0.342 e. The van der Waals surface area contributed by atoms with E-state index in [0.717, 1.165) is 5.56 Å². The van der Waals surface area contributed by atoms with Crippen LogP contribution in [0.15, 0.2) is 47.3 Å². The number of methoxy groups -OCH3 is 1. The first kappa shape index (κ1) is 23.9. The Morgan fingerprint density at radius 1 is 1.03 bits per heavy atom. The molecule has 0 saturated carbocycles. The molecule has 3 aromatic rings. The first-order chi connectivity index (χ1) is 16.1. The molecule has 0 aliphatic carbocycles. The zero-order chi connectivity index (χ0) is 25.0. The Hall–Kier alpha value is -4.80. The van der Waals surface area contributed by atoms with Crippen LogP contribution in [0.5, 0.6) is 11.5 Å². The molecule has 11 nitrogen and oxygen atoms in total. The fourth-order valence-corrected chi connectivity index (χ4v) is 3.32. The quantitative estimate of drug-likeness (QED) is 0.332. The number of para-hydroxylation sites is 1. The molecular formula is C23H21N3O8. The fourth-order valence-electron chi connectivity index (χ4n) is 3.32. The van der Waals surface area contributed by atoms with Gasteiger partial charge in [-0.05, 0) is 36.2 Å². The number of carboxylic acid groups (broad SMARTS) is 2. The standard InChI is InChI=1S/C23H21N3O8/c1-11-5-3-4-6-13(11)25-16(27)10-34-14-8-7-12(9-15(14)33-2)17-18(22(29)30)20(24)26-21(28)19(17)23(31)32/h3-9H,10H2,1-2H3,(H,25,27)(H,29,30)(H,31,32)(H3,24,26,28). The average molecular weight is 467 g/mol. The third-order valence-corrected chi connectivity index (χ3v) is 4.90. The van der Waals surface area contributed by atoms with Crippen LogP contribution >= 0.6 is 0 Å². The van der Waals surface area contributed by atoms with E-state index >= 15 is 0 Å². The summed E-state index contributed by atoms with van der Waals surface area (Å²) >= 11 is 0. The molecule has 0 atom stereocenters. The van der Waals surface area contributed by atoms with Gasteiger partial charge in [0.15, 0.2) is 18.1 Å². The van der Waals surface area contributed by atoms with Gasteiger partial charge in [-0.15, -0.1) is 0 Å². The van der Waals surface area contributed by atoms with Crippen molar-refractivity contribution in [3.63, 3.8) is 0 Å². The summed E-state index contributed by atoms with van der Waals surface area (Å²) in [5.41, 5.74) is 4.39. The molecule has 0 saturated heterocycles. The van der Waals surface area contributed by atoms with E-state index in [-0.39, 0.29) is 29.2 Å². The third kappa shape index (κ3) is 4.83. The lowest BCUT2D eigenvalue weighted by atomic mass is 9.95. The molecule has 11 heteroatoms. The summed E-state index contributed by atoms with van der Waals surface area (Å²) in [4.78, 5) is 50.0. The first-order valence-corrected chi connectivity index (χ1v) is 9.83. The Kier molecular flexibility index (Phi) is 6.86. The molecule has 0 bridgehead atoms. The van der Waals surface area contributed by atoms with Crippen LogP contribution in [0.1, 0.15) is 26.3 Å². The second kappa shape index (κ2) is 9.77. The molecule has 1 aromatic heterocycles. The van der Waals surface area contributed by atoms with E-state index in [9.17, 15) is 29.4 Å². The van der Waals surface area contributed by atoms with Crippen molar-refractivity contribution < 1.29 is 34.1 Å². The number of aromatic carboxylic acids is 2. The van der Waals surface area contributed by atoms with Crippen LogP contribution in [0.2, 0.25) is 0 Å². The van der Waals surface area contributed by atoms with E-state index < -0.39 is 40.3 Å². The van der Waals surface area contributed by atoms with Gasteiger partial charge in [-0.3, -0.25) is 9.59 Å². The maximum absolute atomic E-state index is 12.3. The molecule has 34 heavy (non-hydrogen) atoms. The molecule has 1 heterocycles. The lowest BCUT2D eigenvalue weighted by Crippen LogP contribution is -2.24. The highest BCUT2D eigenvalue weighted by molar-refractivity contribution is 6.07. The number of amides is 1. The lowest BCUT2D eigenvalue weighted by molar-refractivity contribution is -0.118. The van der Waals surface area contributed by atoms with Gasteiger partial charge in [-0.25, -0.2) is 9.59 Å². The number of anilines is 2.